The monoisotopic (exact) mass is 774 g/mol. The maximum Gasteiger partial charge on any atom is 0.472 e. The Hall–Kier alpha value is -1.59. The van der Waals surface area contributed by atoms with E-state index in [-0.39, 0.29) is 49.0 Å². The van der Waals surface area contributed by atoms with Crippen molar-refractivity contribution in [3.63, 3.8) is 0 Å². The highest BCUT2D eigenvalue weighted by Gasteiger charge is 2.41. The number of amides is 1. The van der Waals surface area contributed by atoms with Crippen molar-refractivity contribution in [1.82, 2.24) is 14.9 Å². The molecule has 19 heteroatoms. The van der Waals surface area contributed by atoms with E-state index in [9.17, 15) is 33.9 Å². The molecule has 1 rings (SSSR count). The maximum absolute atomic E-state index is 13.3. The molecular formula is C32H64N4O13P2. The van der Waals surface area contributed by atoms with E-state index in [4.69, 9.17) is 33.5 Å². The summed E-state index contributed by atoms with van der Waals surface area (Å²) in [6.45, 7) is 15.3. The van der Waals surface area contributed by atoms with Gasteiger partial charge in [-0.05, 0) is 37.0 Å². The van der Waals surface area contributed by atoms with Crippen molar-refractivity contribution in [3.05, 3.63) is 22.2 Å². The number of hydrogen-bond acceptors (Lipinski definition) is 14. The van der Waals surface area contributed by atoms with Crippen LogP contribution in [0, 0.1) is 23.7 Å². The number of methoxy groups -OCH3 is 2. The van der Waals surface area contributed by atoms with Crippen LogP contribution in [0.2, 0.25) is 0 Å². The lowest BCUT2D eigenvalue weighted by atomic mass is 9.74. The van der Waals surface area contributed by atoms with Crippen LogP contribution in [0.25, 0.3) is 0 Å². The smallest absolute Gasteiger partial charge is 0.396 e. The zero-order valence-electron chi connectivity index (χ0n) is 32.0. The minimum atomic E-state index is -4.97. The number of carbonyl (C=O) groups is 1. The second-order valence-electron chi connectivity index (χ2n) is 13.9. The van der Waals surface area contributed by atoms with Crippen LogP contribution in [-0.2, 0) is 37.1 Å². The molecule has 1 aromatic rings. The zero-order valence-corrected chi connectivity index (χ0v) is 33.8. The van der Waals surface area contributed by atoms with Crippen LogP contribution in [0.5, 0.6) is 0 Å². The number of carbonyl (C=O) groups excluding carboxylic acids is 1. The van der Waals surface area contributed by atoms with Crippen molar-refractivity contribution in [2.24, 2.45) is 16.7 Å². The summed E-state index contributed by atoms with van der Waals surface area (Å²) < 4.78 is 46.3. The number of phosphoric acid groups is 1. The Labute approximate surface area is 304 Å². The minimum Gasteiger partial charge on any atom is -0.396 e. The number of aliphatic hydroxyl groups excluding tert-OH is 1. The topological polar surface area (TPSA) is 243 Å². The van der Waals surface area contributed by atoms with E-state index in [0.717, 1.165) is 11.0 Å². The third kappa shape index (κ3) is 21.0. The fraction of sp³-hybridized carbons (Fsp3) is 0.844. The Balaban J connectivity index is 0.0000123. The highest BCUT2D eigenvalue weighted by molar-refractivity contribution is 7.47. The second-order valence-corrected chi connectivity index (χ2v) is 16.1. The Bertz CT molecular complexity index is 1230. The van der Waals surface area contributed by atoms with Crippen LogP contribution in [0.15, 0.2) is 11.0 Å². The van der Waals surface area contributed by atoms with Gasteiger partial charge in [-0.15, -0.1) is 0 Å². The van der Waals surface area contributed by atoms with Crippen LogP contribution in [0.4, 0.5) is 5.82 Å². The summed E-state index contributed by atoms with van der Waals surface area (Å²) in [5, 5.41) is 12.9. The van der Waals surface area contributed by atoms with Gasteiger partial charge in [-0.25, -0.2) is 9.36 Å². The number of unbranched alkanes of at least 4 members (excludes halogenated alkanes) is 1. The summed E-state index contributed by atoms with van der Waals surface area (Å²) in [6, 6.07) is 0. The predicted octanol–water partition coefficient (Wildman–Crippen LogP) is 3.81. The number of phosphoric ester groups is 1. The van der Waals surface area contributed by atoms with Crippen molar-refractivity contribution in [3.8, 4) is 0 Å². The second kappa shape index (κ2) is 24.7. The van der Waals surface area contributed by atoms with Crippen molar-refractivity contribution < 1.29 is 56.9 Å². The molecule has 0 radical (unpaired) electrons. The lowest BCUT2D eigenvalue weighted by Gasteiger charge is -2.34. The Morgan fingerprint density at radius 3 is 2.31 bits per heavy atom. The van der Waals surface area contributed by atoms with Crippen molar-refractivity contribution in [1.29, 1.82) is 0 Å². The first kappa shape index (κ1) is 49.4. The zero-order chi connectivity index (χ0) is 39.4. The molecule has 0 saturated heterocycles. The van der Waals surface area contributed by atoms with Gasteiger partial charge in [-0.2, -0.15) is 4.98 Å². The van der Waals surface area contributed by atoms with Crippen LogP contribution >= 0.6 is 16.4 Å². The van der Waals surface area contributed by atoms with Crippen LogP contribution in [0.1, 0.15) is 92.4 Å². The van der Waals surface area contributed by atoms with E-state index in [0.29, 0.717) is 37.8 Å². The van der Waals surface area contributed by atoms with E-state index < -0.39 is 53.1 Å². The first-order valence-corrected chi connectivity index (χ1v) is 19.7. The molecule has 1 heterocycles. The molecule has 0 aliphatic carbocycles. The molecule has 300 valence electrons. The summed E-state index contributed by atoms with van der Waals surface area (Å²) in [7, 11) is -5.19. The number of anilines is 1. The van der Waals surface area contributed by atoms with Gasteiger partial charge in [0.25, 0.3) is 0 Å². The molecule has 0 bridgehead atoms. The van der Waals surface area contributed by atoms with E-state index >= 15 is 0 Å². The minimum absolute atomic E-state index is 0.0322. The highest BCUT2D eigenvalue weighted by atomic mass is 31.2. The molecule has 0 spiro atoms. The van der Waals surface area contributed by atoms with Gasteiger partial charge in [0, 0.05) is 51.5 Å². The Morgan fingerprint density at radius 2 is 1.76 bits per heavy atom. The van der Waals surface area contributed by atoms with Gasteiger partial charge in [-0.3, -0.25) is 18.4 Å². The number of aliphatic hydroxyl groups is 1. The molecular weight excluding hydrogens is 710 g/mol. The van der Waals surface area contributed by atoms with Crippen molar-refractivity contribution in [2.45, 2.75) is 106 Å². The standard InChI is InChI=1S/C30H58N4O13P2.C2H6/c1-21-16-34(28(37)33-26(21)31)27(44-14-13-42-7)25(23(43-8)19-45-48(38)39)47-49(40,41)46-18-22(17-35)11-9-10-12-32-24(36)15-30(5,6)20-29(2,3)4;1-2/h16,22-23,25,27,35,38-39H,9-15,17-20H2,1-8H3,(H,32,36)(H,40,41)(H2,31,33,37);1-2H3. The molecule has 1 amide bonds. The molecule has 0 aliphatic rings. The number of aromatic nitrogens is 2. The number of hydrogen-bond donors (Lipinski definition) is 6. The summed E-state index contributed by atoms with van der Waals surface area (Å²) in [4.78, 5) is 58.6. The van der Waals surface area contributed by atoms with E-state index in [2.05, 4.69) is 44.9 Å². The average Bonchev–Trinajstić information content (AvgIpc) is 3.01. The lowest BCUT2D eigenvalue weighted by Crippen LogP contribution is -2.45. The Kier molecular flexibility index (Phi) is 23.9. The van der Waals surface area contributed by atoms with Gasteiger partial charge in [0.1, 0.15) is 18.0 Å². The summed E-state index contributed by atoms with van der Waals surface area (Å²) in [5.41, 5.74) is 5.25. The average molecular weight is 775 g/mol. The van der Waals surface area contributed by atoms with Gasteiger partial charge >= 0.3 is 22.1 Å². The number of nitrogens with zero attached hydrogens (tertiary/aromatic N) is 2. The molecule has 5 unspecified atom stereocenters. The highest BCUT2D eigenvalue weighted by Crippen LogP contribution is 2.48. The van der Waals surface area contributed by atoms with Crippen molar-refractivity contribution in [2.75, 3.05) is 59.5 Å². The number of nitrogens with one attached hydrogen (secondary N) is 1. The molecule has 1 aromatic heterocycles. The quantitative estimate of drug-likeness (QED) is 0.0611. The Morgan fingerprint density at radius 1 is 1.12 bits per heavy atom. The molecule has 0 saturated carbocycles. The van der Waals surface area contributed by atoms with Crippen molar-refractivity contribution >= 4 is 28.2 Å². The number of nitrogens with two attached hydrogens (primary N) is 1. The van der Waals surface area contributed by atoms with Crippen LogP contribution < -0.4 is 16.7 Å². The first-order valence-electron chi connectivity index (χ1n) is 17.1. The van der Waals surface area contributed by atoms with Crippen LogP contribution in [0.3, 0.4) is 0 Å². The SMILES string of the molecule is CC.COCCOC(C(OP(=O)(O)OCC(CO)CCCCNC(=O)CC(C)(C)CC(C)(C)C)C(COP(O)O)OC)n1cc(C)c(N)nc1=O. The fourth-order valence-electron chi connectivity index (χ4n) is 5.48. The molecule has 0 fully saturated rings. The molecule has 5 atom stereocenters. The van der Waals surface area contributed by atoms with E-state index in [1.54, 1.807) is 6.92 Å². The molecule has 51 heavy (non-hydrogen) atoms. The maximum atomic E-state index is 13.3. The number of nitrogen functional groups attached to an aromatic ring is 1. The summed E-state index contributed by atoms with van der Waals surface area (Å²) in [6.07, 6.45) is -0.169. The van der Waals surface area contributed by atoms with Gasteiger partial charge in [0.15, 0.2) is 6.23 Å². The lowest BCUT2D eigenvalue weighted by molar-refractivity contribution is -0.144. The number of rotatable bonds is 25. The molecule has 7 N–H and O–H groups in total. The van der Waals surface area contributed by atoms with E-state index in [1.165, 1.54) is 20.4 Å². The van der Waals surface area contributed by atoms with Gasteiger partial charge < -0.3 is 49.6 Å². The summed E-state index contributed by atoms with van der Waals surface area (Å²) in [5.74, 6) is -0.616. The number of ether oxygens (including phenoxy) is 3. The third-order valence-corrected chi connectivity index (χ3v) is 8.69. The fourth-order valence-corrected chi connectivity index (χ4v) is 6.77. The van der Waals surface area contributed by atoms with Gasteiger partial charge in [0.05, 0.1) is 26.4 Å². The summed E-state index contributed by atoms with van der Waals surface area (Å²) >= 11 is 0. The van der Waals surface area contributed by atoms with Gasteiger partial charge in [-0.1, -0.05) is 54.9 Å². The largest absolute Gasteiger partial charge is 0.472 e. The number of aryl methyl sites for hydroxylation is 1. The molecule has 0 aromatic carbocycles. The van der Waals surface area contributed by atoms with Crippen LogP contribution in [-0.4, -0.2) is 101 Å². The molecule has 0 aliphatic heterocycles. The normalized spacial score (nSPS) is 15.7. The third-order valence-electron chi connectivity index (χ3n) is 7.32. The van der Waals surface area contributed by atoms with E-state index in [1.807, 2.05) is 13.8 Å². The first-order chi connectivity index (χ1) is 23.7. The predicted molar refractivity (Wildman–Crippen MR) is 195 cm³/mol. The molecule has 17 nitrogen and oxygen atoms in total. The van der Waals surface area contributed by atoms with Gasteiger partial charge in [0.2, 0.25) is 5.91 Å².